The molecule has 0 unspecified atom stereocenters. The molecule has 0 atom stereocenters. The van der Waals surface area contributed by atoms with Crippen LogP contribution in [0.1, 0.15) is 43.0 Å². The largest absolute Gasteiger partial charge is 0.348 e. The Labute approximate surface area is 138 Å². The highest BCUT2D eigenvalue weighted by Crippen LogP contribution is 2.30. The number of rotatable bonds is 3. The zero-order chi connectivity index (χ0) is 16.4. The second kappa shape index (κ2) is 6.04. The Morgan fingerprint density at radius 2 is 1.83 bits per heavy atom. The van der Waals surface area contributed by atoms with Gasteiger partial charge in [0.05, 0.1) is 0 Å². The van der Waals surface area contributed by atoms with E-state index in [1.54, 1.807) is 0 Å². The van der Waals surface area contributed by atoms with Crippen LogP contribution >= 0.6 is 0 Å². The maximum absolute atomic E-state index is 12.4. The molecule has 0 radical (unpaired) electrons. The highest BCUT2D eigenvalue weighted by atomic mass is 16.1. The van der Waals surface area contributed by atoms with Gasteiger partial charge in [0.2, 0.25) is 5.91 Å². The van der Waals surface area contributed by atoms with Crippen molar-refractivity contribution in [2.75, 3.05) is 0 Å². The van der Waals surface area contributed by atoms with Crippen molar-refractivity contribution in [2.24, 2.45) is 0 Å². The fraction of sp³-hybridized carbons (Fsp3) is 0.286. The summed E-state index contributed by atoms with van der Waals surface area (Å²) in [4.78, 5) is 12.4. The van der Waals surface area contributed by atoms with E-state index in [9.17, 15) is 4.79 Å². The van der Waals surface area contributed by atoms with E-state index in [0.29, 0.717) is 6.54 Å². The van der Waals surface area contributed by atoms with Crippen LogP contribution in [-0.2, 0) is 23.2 Å². The van der Waals surface area contributed by atoms with Crippen LogP contribution < -0.4 is 5.32 Å². The van der Waals surface area contributed by atoms with Crippen LogP contribution in [0.5, 0.6) is 0 Å². The SMILES string of the molecule is CC(C)(C)c1ccc2c(c1)C=C(C(=O)NCc1ccccc1)C2. The molecule has 0 fully saturated rings. The molecule has 0 saturated heterocycles. The molecular formula is C21H23NO. The molecule has 0 heterocycles. The number of fused-ring (bicyclic) bond motifs is 1. The molecular weight excluding hydrogens is 282 g/mol. The Bertz CT molecular complexity index is 751. The molecule has 3 rings (SSSR count). The lowest BCUT2D eigenvalue weighted by Crippen LogP contribution is -2.24. The lowest BCUT2D eigenvalue weighted by molar-refractivity contribution is -0.117. The van der Waals surface area contributed by atoms with Gasteiger partial charge in [-0.25, -0.2) is 0 Å². The number of carbonyl (C=O) groups excluding carboxylic acids is 1. The highest BCUT2D eigenvalue weighted by molar-refractivity contribution is 6.00. The van der Waals surface area contributed by atoms with E-state index >= 15 is 0 Å². The van der Waals surface area contributed by atoms with E-state index < -0.39 is 0 Å². The molecule has 2 heteroatoms. The van der Waals surface area contributed by atoms with E-state index in [4.69, 9.17) is 0 Å². The quantitative estimate of drug-likeness (QED) is 0.903. The van der Waals surface area contributed by atoms with Gasteiger partial charge < -0.3 is 5.32 Å². The zero-order valence-corrected chi connectivity index (χ0v) is 14.0. The van der Waals surface area contributed by atoms with Crippen molar-refractivity contribution >= 4 is 12.0 Å². The first-order valence-corrected chi connectivity index (χ1v) is 8.09. The molecule has 118 valence electrons. The zero-order valence-electron chi connectivity index (χ0n) is 14.0. The third-order valence-electron chi connectivity index (χ3n) is 4.31. The summed E-state index contributed by atoms with van der Waals surface area (Å²) < 4.78 is 0. The van der Waals surface area contributed by atoms with Crippen molar-refractivity contribution in [1.29, 1.82) is 0 Å². The predicted octanol–water partition coefficient (Wildman–Crippen LogP) is 4.24. The second-order valence-corrected chi connectivity index (χ2v) is 7.18. The molecule has 2 aromatic carbocycles. The van der Waals surface area contributed by atoms with Crippen LogP contribution in [0.15, 0.2) is 54.1 Å². The van der Waals surface area contributed by atoms with Crippen molar-refractivity contribution in [3.63, 3.8) is 0 Å². The summed E-state index contributed by atoms with van der Waals surface area (Å²) in [5, 5.41) is 3.01. The van der Waals surface area contributed by atoms with Crippen LogP contribution in [-0.4, -0.2) is 5.91 Å². The number of hydrogen-bond donors (Lipinski definition) is 1. The van der Waals surface area contributed by atoms with Crippen LogP contribution in [0.2, 0.25) is 0 Å². The Balaban J connectivity index is 1.70. The van der Waals surface area contributed by atoms with Crippen LogP contribution in [0.25, 0.3) is 6.08 Å². The molecule has 1 amide bonds. The minimum absolute atomic E-state index is 0.0300. The first kappa shape index (κ1) is 15.5. The maximum atomic E-state index is 12.4. The Hall–Kier alpha value is -2.35. The van der Waals surface area contributed by atoms with Gasteiger partial charge in [0, 0.05) is 18.5 Å². The topological polar surface area (TPSA) is 29.1 Å². The highest BCUT2D eigenvalue weighted by Gasteiger charge is 2.21. The van der Waals surface area contributed by atoms with Crippen molar-refractivity contribution in [2.45, 2.75) is 39.2 Å². The predicted molar refractivity (Wildman–Crippen MR) is 95.1 cm³/mol. The summed E-state index contributed by atoms with van der Waals surface area (Å²) in [6, 6.07) is 16.5. The molecule has 0 aromatic heterocycles. The van der Waals surface area contributed by atoms with Gasteiger partial charge in [0.1, 0.15) is 0 Å². The molecule has 0 spiro atoms. The van der Waals surface area contributed by atoms with Gasteiger partial charge >= 0.3 is 0 Å². The third kappa shape index (κ3) is 3.53. The molecule has 1 aliphatic rings. The van der Waals surface area contributed by atoms with Crippen LogP contribution in [0, 0.1) is 0 Å². The summed E-state index contributed by atoms with van der Waals surface area (Å²) in [6.45, 7) is 7.20. The minimum atomic E-state index is 0.0300. The van der Waals surface area contributed by atoms with E-state index in [1.807, 2.05) is 36.4 Å². The molecule has 2 nitrogen and oxygen atoms in total. The minimum Gasteiger partial charge on any atom is -0.348 e. The lowest BCUT2D eigenvalue weighted by Gasteiger charge is -2.19. The molecule has 0 aliphatic heterocycles. The molecule has 2 aromatic rings. The van der Waals surface area contributed by atoms with Gasteiger partial charge in [0.15, 0.2) is 0 Å². The summed E-state index contributed by atoms with van der Waals surface area (Å²) in [6.07, 6.45) is 2.76. The molecule has 23 heavy (non-hydrogen) atoms. The second-order valence-electron chi connectivity index (χ2n) is 7.18. The van der Waals surface area contributed by atoms with Gasteiger partial charge in [-0.1, -0.05) is 69.3 Å². The van der Waals surface area contributed by atoms with Gasteiger partial charge in [0.25, 0.3) is 0 Å². The summed E-state index contributed by atoms with van der Waals surface area (Å²) in [5.41, 5.74) is 5.82. The van der Waals surface area contributed by atoms with Crippen LogP contribution in [0.3, 0.4) is 0 Å². The fourth-order valence-electron chi connectivity index (χ4n) is 2.84. The Kier molecular flexibility index (Phi) is 4.08. The summed E-state index contributed by atoms with van der Waals surface area (Å²) in [5.74, 6) is 0.0300. The first-order chi connectivity index (χ1) is 10.9. The van der Waals surface area contributed by atoms with Gasteiger partial charge in [-0.05, 0) is 33.7 Å². The van der Waals surface area contributed by atoms with E-state index in [0.717, 1.165) is 17.6 Å². The van der Waals surface area contributed by atoms with E-state index in [1.165, 1.54) is 16.7 Å². The number of benzene rings is 2. The van der Waals surface area contributed by atoms with Gasteiger partial charge in [-0.2, -0.15) is 0 Å². The first-order valence-electron chi connectivity index (χ1n) is 8.09. The number of hydrogen-bond acceptors (Lipinski definition) is 1. The van der Waals surface area contributed by atoms with Crippen molar-refractivity contribution in [1.82, 2.24) is 5.32 Å². The Morgan fingerprint density at radius 3 is 2.52 bits per heavy atom. The third-order valence-corrected chi connectivity index (χ3v) is 4.31. The molecule has 0 saturated carbocycles. The lowest BCUT2D eigenvalue weighted by atomic mass is 9.85. The van der Waals surface area contributed by atoms with E-state index in [-0.39, 0.29) is 11.3 Å². The van der Waals surface area contributed by atoms with Crippen molar-refractivity contribution in [3.8, 4) is 0 Å². The van der Waals surface area contributed by atoms with E-state index in [2.05, 4.69) is 44.3 Å². The smallest absolute Gasteiger partial charge is 0.247 e. The van der Waals surface area contributed by atoms with Crippen LogP contribution in [0.4, 0.5) is 0 Å². The average Bonchev–Trinajstić information content (AvgIpc) is 2.96. The molecule has 1 aliphatic carbocycles. The molecule has 0 bridgehead atoms. The van der Waals surface area contributed by atoms with Crippen molar-refractivity contribution < 1.29 is 4.79 Å². The monoisotopic (exact) mass is 305 g/mol. The number of nitrogens with one attached hydrogen (secondary N) is 1. The standard InChI is InChI=1S/C21H23NO/c1-21(2,3)19-10-9-16-11-18(12-17(16)13-19)20(23)22-14-15-7-5-4-6-8-15/h4-10,12-13H,11,14H2,1-3H3,(H,22,23). The average molecular weight is 305 g/mol. The number of carbonyl (C=O) groups is 1. The summed E-state index contributed by atoms with van der Waals surface area (Å²) in [7, 11) is 0. The van der Waals surface area contributed by atoms with Crippen molar-refractivity contribution in [3.05, 3.63) is 76.4 Å². The molecule has 1 N–H and O–H groups in total. The van der Waals surface area contributed by atoms with Gasteiger partial charge in [-0.3, -0.25) is 4.79 Å². The maximum Gasteiger partial charge on any atom is 0.247 e. The van der Waals surface area contributed by atoms with Gasteiger partial charge in [-0.15, -0.1) is 0 Å². The fourth-order valence-corrected chi connectivity index (χ4v) is 2.84. The normalized spacial score (nSPS) is 13.4. The Morgan fingerprint density at radius 1 is 1.09 bits per heavy atom. The summed E-state index contributed by atoms with van der Waals surface area (Å²) >= 11 is 0. The number of amides is 1.